The van der Waals surface area contributed by atoms with Crippen molar-refractivity contribution in [2.24, 2.45) is 0 Å². The molecule has 0 saturated carbocycles. The molecule has 0 bridgehead atoms. The van der Waals surface area contributed by atoms with Crippen molar-refractivity contribution in [3.63, 3.8) is 0 Å². The normalized spacial score (nSPS) is 12.0. The van der Waals surface area contributed by atoms with Crippen molar-refractivity contribution in [2.75, 3.05) is 22.4 Å². The van der Waals surface area contributed by atoms with Gasteiger partial charge in [-0.05, 0) is 24.0 Å². The lowest BCUT2D eigenvalue weighted by atomic mass is 9.86. The van der Waals surface area contributed by atoms with Gasteiger partial charge in [0.1, 0.15) is 5.76 Å². The maximum atomic E-state index is 12.4. The zero-order valence-electron chi connectivity index (χ0n) is 15.7. The summed E-state index contributed by atoms with van der Waals surface area (Å²) in [6.07, 6.45) is 1.07. The van der Waals surface area contributed by atoms with E-state index in [0.717, 1.165) is 21.8 Å². The fraction of sp³-hybridized carbons (Fsp3) is 0.444. The fourth-order valence-electron chi connectivity index (χ4n) is 2.58. The standard InChI is InChI=1S/C18H25N3O4S/c1-13-12-16(20-25-13)21(26(5,23)24)11-10-17(22)19-15-9-7-6-8-14(15)18(2,3)4/h6-9,12H,10-11H2,1-5H3,(H,19,22). The number of hydrogen-bond donors (Lipinski definition) is 1. The molecular formula is C18H25N3O4S. The number of nitrogens with one attached hydrogen (secondary N) is 1. The molecule has 0 aliphatic carbocycles. The minimum Gasteiger partial charge on any atom is -0.360 e. The third-order valence-corrected chi connectivity index (χ3v) is 4.99. The molecule has 0 spiro atoms. The van der Waals surface area contributed by atoms with Crippen LogP contribution in [0.5, 0.6) is 0 Å². The summed E-state index contributed by atoms with van der Waals surface area (Å²) in [5, 5.41) is 6.61. The van der Waals surface area contributed by atoms with E-state index in [1.807, 2.05) is 24.3 Å². The van der Waals surface area contributed by atoms with Gasteiger partial charge in [0, 0.05) is 24.7 Å². The molecule has 1 aromatic carbocycles. The van der Waals surface area contributed by atoms with Crippen LogP contribution < -0.4 is 9.62 Å². The van der Waals surface area contributed by atoms with Crippen LogP contribution in [0, 0.1) is 6.92 Å². The molecule has 1 aromatic heterocycles. The quantitative estimate of drug-likeness (QED) is 0.833. The van der Waals surface area contributed by atoms with Crippen LogP contribution in [0.25, 0.3) is 0 Å². The summed E-state index contributed by atoms with van der Waals surface area (Å²) in [6.45, 7) is 7.85. The van der Waals surface area contributed by atoms with Gasteiger partial charge in [0.2, 0.25) is 15.9 Å². The Kier molecular flexibility index (Phi) is 5.75. The van der Waals surface area contributed by atoms with E-state index in [2.05, 4.69) is 31.2 Å². The van der Waals surface area contributed by atoms with Crippen molar-refractivity contribution in [1.29, 1.82) is 0 Å². The number of sulfonamides is 1. The molecule has 1 N–H and O–H groups in total. The van der Waals surface area contributed by atoms with Crippen LogP contribution in [0.2, 0.25) is 0 Å². The zero-order chi connectivity index (χ0) is 19.5. The van der Waals surface area contributed by atoms with Crippen molar-refractivity contribution >= 4 is 27.4 Å². The van der Waals surface area contributed by atoms with Crippen LogP contribution >= 0.6 is 0 Å². The number of anilines is 2. The number of rotatable bonds is 6. The molecule has 142 valence electrons. The van der Waals surface area contributed by atoms with Crippen LogP contribution in [-0.2, 0) is 20.2 Å². The number of benzene rings is 1. The first kappa shape index (κ1) is 20.0. The minimum atomic E-state index is -3.57. The van der Waals surface area contributed by atoms with Crippen molar-refractivity contribution in [3.8, 4) is 0 Å². The first-order chi connectivity index (χ1) is 12.0. The molecule has 0 saturated heterocycles. The van der Waals surface area contributed by atoms with Crippen LogP contribution in [-0.4, -0.2) is 32.3 Å². The first-order valence-electron chi connectivity index (χ1n) is 8.29. The summed E-state index contributed by atoms with van der Waals surface area (Å²) < 4.78 is 30.0. The van der Waals surface area contributed by atoms with Gasteiger partial charge in [-0.3, -0.25) is 9.10 Å². The van der Waals surface area contributed by atoms with Gasteiger partial charge in [0.15, 0.2) is 5.82 Å². The highest BCUT2D eigenvalue weighted by Crippen LogP contribution is 2.29. The summed E-state index contributed by atoms with van der Waals surface area (Å²) in [4.78, 5) is 12.4. The number of aryl methyl sites for hydroxylation is 1. The molecule has 7 nitrogen and oxygen atoms in total. The molecule has 1 heterocycles. The van der Waals surface area contributed by atoms with Gasteiger partial charge in [-0.1, -0.05) is 44.1 Å². The van der Waals surface area contributed by atoms with Crippen molar-refractivity contribution in [2.45, 2.75) is 39.5 Å². The molecule has 2 rings (SSSR count). The number of carbonyl (C=O) groups is 1. The molecule has 2 aromatic rings. The van der Waals surface area contributed by atoms with Crippen molar-refractivity contribution < 1.29 is 17.7 Å². The monoisotopic (exact) mass is 379 g/mol. The number of amides is 1. The molecule has 1 amide bonds. The Morgan fingerprint density at radius 3 is 2.46 bits per heavy atom. The average molecular weight is 379 g/mol. The fourth-order valence-corrected chi connectivity index (χ4v) is 3.43. The van der Waals surface area contributed by atoms with Gasteiger partial charge < -0.3 is 9.84 Å². The van der Waals surface area contributed by atoms with Gasteiger partial charge >= 0.3 is 0 Å². The molecule has 0 unspecified atom stereocenters. The predicted molar refractivity (Wildman–Crippen MR) is 102 cm³/mol. The Bertz CT molecular complexity index is 882. The van der Waals surface area contributed by atoms with E-state index in [1.165, 1.54) is 6.07 Å². The summed E-state index contributed by atoms with van der Waals surface area (Å²) in [5.74, 6) is 0.403. The van der Waals surface area contributed by atoms with Gasteiger partial charge in [-0.25, -0.2) is 8.42 Å². The lowest BCUT2D eigenvalue weighted by Crippen LogP contribution is -2.33. The second-order valence-corrected chi connectivity index (χ2v) is 9.13. The smallest absolute Gasteiger partial charge is 0.233 e. The highest BCUT2D eigenvalue weighted by atomic mass is 32.2. The Balaban J connectivity index is 2.11. The third kappa shape index (κ3) is 5.08. The molecular weight excluding hydrogens is 354 g/mol. The van der Waals surface area contributed by atoms with E-state index in [9.17, 15) is 13.2 Å². The number of aromatic nitrogens is 1. The predicted octanol–water partition coefficient (Wildman–Crippen LogP) is 3.08. The van der Waals surface area contributed by atoms with Gasteiger partial charge in [0.25, 0.3) is 0 Å². The maximum Gasteiger partial charge on any atom is 0.233 e. The summed E-state index contributed by atoms with van der Waals surface area (Å²) in [7, 11) is -3.57. The number of para-hydroxylation sites is 1. The summed E-state index contributed by atoms with van der Waals surface area (Å²) >= 11 is 0. The molecule has 26 heavy (non-hydrogen) atoms. The van der Waals surface area contributed by atoms with Crippen LogP contribution in [0.4, 0.5) is 11.5 Å². The molecule has 0 atom stereocenters. The van der Waals surface area contributed by atoms with Gasteiger partial charge in [-0.2, -0.15) is 0 Å². The van der Waals surface area contributed by atoms with Crippen molar-refractivity contribution in [1.82, 2.24) is 5.16 Å². The SMILES string of the molecule is Cc1cc(N(CCC(=O)Nc2ccccc2C(C)(C)C)S(C)(=O)=O)no1. The van der Waals surface area contributed by atoms with Crippen molar-refractivity contribution in [3.05, 3.63) is 41.7 Å². The first-order valence-corrected chi connectivity index (χ1v) is 10.1. The highest BCUT2D eigenvalue weighted by Gasteiger charge is 2.23. The molecule has 0 aliphatic rings. The van der Waals surface area contributed by atoms with E-state index >= 15 is 0 Å². The lowest BCUT2D eigenvalue weighted by Gasteiger charge is -2.23. The van der Waals surface area contributed by atoms with E-state index in [1.54, 1.807) is 6.92 Å². The van der Waals surface area contributed by atoms with Crippen LogP contribution in [0.1, 0.15) is 38.5 Å². The largest absolute Gasteiger partial charge is 0.360 e. The second kappa shape index (κ2) is 7.49. The van der Waals surface area contributed by atoms with E-state index in [0.29, 0.717) is 5.76 Å². The minimum absolute atomic E-state index is 0.00253. The zero-order valence-corrected chi connectivity index (χ0v) is 16.6. The summed E-state index contributed by atoms with van der Waals surface area (Å²) in [5.41, 5.74) is 1.62. The highest BCUT2D eigenvalue weighted by molar-refractivity contribution is 7.92. The molecule has 0 aliphatic heterocycles. The van der Waals surface area contributed by atoms with Gasteiger partial charge in [0.05, 0.1) is 6.26 Å². The number of hydrogen-bond acceptors (Lipinski definition) is 5. The van der Waals surface area contributed by atoms with Crippen LogP contribution in [0.15, 0.2) is 34.9 Å². The Labute approximate surface area is 154 Å². The average Bonchev–Trinajstić information content (AvgIpc) is 2.91. The van der Waals surface area contributed by atoms with E-state index < -0.39 is 10.0 Å². The van der Waals surface area contributed by atoms with Gasteiger partial charge in [-0.15, -0.1) is 0 Å². The number of carbonyl (C=O) groups excluding carboxylic acids is 1. The summed E-state index contributed by atoms with van der Waals surface area (Å²) in [6, 6.07) is 9.11. The van der Waals surface area contributed by atoms with E-state index in [4.69, 9.17) is 4.52 Å². The lowest BCUT2D eigenvalue weighted by molar-refractivity contribution is -0.116. The Hall–Kier alpha value is -2.35. The molecule has 0 radical (unpaired) electrons. The van der Waals surface area contributed by atoms with Crippen LogP contribution in [0.3, 0.4) is 0 Å². The van der Waals surface area contributed by atoms with E-state index in [-0.39, 0.29) is 30.1 Å². The third-order valence-electron chi connectivity index (χ3n) is 3.82. The molecule has 0 fully saturated rings. The Morgan fingerprint density at radius 1 is 1.27 bits per heavy atom. The second-order valence-electron chi connectivity index (χ2n) is 7.22. The topological polar surface area (TPSA) is 92.5 Å². The Morgan fingerprint density at radius 2 is 1.92 bits per heavy atom. The molecule has 8 heteroatoms. The maximum absolute atomic E-state index is 12.4. The number of nitrogens with zero attached hydrogens (tertiary/aromatic N) is 2.